The van der Waals surface area contributed by atoms with Gasteiger partial charge in [0.05, 0.1) is 0 Å². The number of anilines is 1. The highest BCUT2D eigenvalue weighted by molar-refractivity contribution is 8.13. The topological polar surface area (TPSA) is 37.3 Å². The van der Waals surface area contributed by atoms with Crippen LogP contribution >= 0.6 is 11.8 Å². The monoisotopic (exact) mass is 181 g/mol. The minimum atomic E-state index is 0.826. The fourth-order valence-corrected chi connectivity index (χ4v) is 1.13. The van der Waals surface area contributed by atoms with E-state index in [0.717, 1.165) is 11.0 Å². The molecule has 0 fully saturated rings. The summed E-state index contributed by atoms with van der Waals surface area (Å²) in [5.41, 5.74) is 0. The predicted molar refractivity (Wildman–Crippen MR) is 54.7 cm³/mol. The largest absolute Gasteiger partial charge is 0.320 e. The van der Waals surface area contributed by atoms with E-state index in [2.05, 4.69) is 15.3 Å². The van der Waals surface area contributed by atoms with Crippen LogP contribution in [0.5, 0.6) is 0 Å². The molecular formula is C8H11N3S. The molecule has 1 aromatic heterocycles. The minimum Gasteiger partial charge on any atom is -0.320 e. The van der Waals surface area contributed by atoms with Crippen LogP contribution in [0.2, 0.25) is 0 Å². The molecule has 0 atom stereocenters. The average molecular weight is 181 g/mol. The second kappa shape index (κ2) is 4.77. The van der Waals surface area contributed by atoms with Gasteiger partial charge in [0.1, 0.15) is 5.82 Å². The number of hydrogen-bond donors (Lipinski definition) is 1. The summed E-state index contributed by atoms with van der Waals surface area (Å²) in [5.74, 6) is 0.826. The number of hydrogen-bond acceptors (Lipinski definition) is 3. The number of amidine groups is 1. The molecule has 0 amide bonds. The van der Waals surface area contributed by atoms with Crippen LogP contribution in [0, 0.1) is 0 Å². The lowest BCUT2D eigenvalue weighted by Gasteiger charge is -2.03. The van der Waals surface area contributed by atoms with Gasteiger partial charge in [0.15, 0.2) is 5.17 Å². The number of aliphatic imine (C=N–C) groups is 1. The molecule has 0 aliphatic heterocycles. The van der Waals surface area contributed by atoms with Gasteiger partial charge in [-0.25, -0.2) is 4.98 Å². The molecule has 3 nitrogen and oxygen atoms in total. The Labute approximate surface area is 76.3 Å². The van der Waals surface area contributed by atoms with Gasteiger partial charge < -0.3 is 5.32 Å². The number of aromatic nitrogens is 1. The molecule has 0 radical (unpaired) electrons. The van der Waals surface area contributed by atoms with Crippen molar-refractivity contribution in [2.45, 2.75) is 0 Å². The quantitative estimate of drug-likeness (QED) is 0.530. The van der Waals surface area contributed by atoms with E-state index in [1.165, 1.54) is 0 Å². The Bertz CT molecular complexity index is 258. The van der Waals surface area contributed by atoms with E-state index in [-0.39, 0.29) is 0 Å². The lowest BCUT2D eigenvalue weighted by molar-refractivity contribution is 1.32. The van der Waals surface area contributed by atoms with E-state index >= 15 is 0 Å². The van der Waals surface area contributed by atoms with Gasteiger partial charge in [-0.3, -0.25) is 4.99 Å². The summed E-state index contributed by atoms with van der Waals surface area (Å²) in [6, 6.07) is 5.72. The first-order valence-electron chi connectivity index (χ1n) is 3.55. The number of nitrogens with one attached hydrogen (secondary N) is 1. The fraction of sp³-hybridized carbons (Fsp3) is 0.250. The van der Waals surface area contributed by atoms with Crippen LogP contribution in [0.4, 0.5) is 5.82 Å². The molecule has 0 unspecified atom stereocenters. The summed E-state index contributed by atoms with van der Waals surface area (Å²) < 4.78 is 0. The zero-order valence-corrected chi connectivity index (χ0v) is 7.93. The van der Waals surface area contributed by atoms with Crippen LogP contribution in [-0.2, 0) is 0 Å². The van der Waals surface area contributed by atoms with E-state index in [1.807, 2.05) is 24.5 Å². The summed E-state index contributed by atoms with van der Waals surface area (Å²) in [6.07, 6.45) is 3.72. The van der Waals surface area contributed by atoms with Crippen LogP contribution in [0.3, 0.4) is 0 Å². The van der Waals surface area contributed by atoms with Crippen LogP contribution < -0.4 is 5.32 Å². The summed E-state index contributed by atoms with van der Waals surface area (Å²) in [6.45, 7) is 0. The normalized spacial score (nSPS) is 11.3. The highest BCUT2D eigenvalue weighted by Crippen LogP contribution is 2.04. The molecule has 0 aliphatic rings. The molecule has 1 aromatic rings. The standard InChI is InChI=1S/C8H11N3S/c1-9-8(12-2)11-7-5-3-4-6-10-7/h3-6H,1-2H3,(H,9,10,11). The Morgan fingerprint density at radius 2 is 2.42 bits per heavy atom. The third-order valence-electron chi connectivity index (χ3n) is 1.30. The van der Waals surface area contributed by atoms with Crippen molar-refractivity contribution < 1.29 is 0 Å². The zero-order valence-electron chi connectivity index (χ0n) is 7.11. The molecule has 0 aliphatic carbocycles. The van der Waals surface area contributed by atoms with E-state index in [9.17, 15) is 0 Å². The molecule has 64 valence electrons. The van der Waals surface area contributed by atoms with E-state index in [4.69, 9.17) is 0 Å². The Balaban J connectivity index is 2.64. The van der Waals surface area contributed by atoms with Gasteiger partial charge >= 0.3 is 0 Å². The highest BCUT2D eigenvalue weighted by Gasteiger charge is 1.95. The predicted octanol–water partition coefficient (Wildman–Crippen LogP) is 1.84. The van der Waals surface area contributed by atoms with Crippen molar-refractivity contribution in [3.05, 3.63) is 24.4 Å². The first-order valence-corrected chi connectivity index (χ1v) is 4.78. The maximum absolute atomic E-state index is 4.11. The molecule has 0 spiro atoms. The second-order valence-electron chi connectivity index (χ2n) is 2.07. The van der Waals surface area contributed by atoms with Crippen molar-refractivity contribution in [1.29, 1.82) is 0 Å². The van der Waals surface area contributed by atoms with E-state index in [0.29, 0.717) is 0 Å². The zero-order chi connectivity index (χ0) is 8.81. The molecule has 0 saturated heterocycles. The van der Waals surface area contributed by atoms with Gasteiger partial charge in [-0.05, 0) is 18.4 Å². The summed E-state index contributed by atoms with van der Waals surface area (Å²) in [5, 5.41) is 3.95. The number of thioether (sulfide) groups is 1. The van der Waals surface area contributed by atoms with Gasteiger partial charge in [0.25, 0.3) is 0 Å². The molecule has 1 N–H and O–H groups in total. The van der Waals surface area contributed by atoms with Gasteiger partial charge in [-0.1, -0.05) is 17.8 Å². The first-order chi connectivity index (χ1) is 5.86. The van der Waals surface area contributed by atoms with Crippen molar-refractivity contribution in [3.8, 4) is 0 Å². The highest BCUT2D eigenvalue weighted by atomic mass is 32.2. The molecule has 0 bridgehead atoms. The Morgan fingerprint density at radius 3 is 2.92 bits per heavy atom. The number of nitrogens with zero attached hydrogens (tertiary/aromatic N) is 2. The lowest BCUT2D eigenvalue weighted by Crippen LogP contribution is -2.07. The van der Waals surface area contributed by atoms with Crippen LogP contribution in [0.25, 0.3) is 0 Å². The number of pyridine rings is 1. The average Bonchev–Trinajstić information content (AvgIpc) is 2.16. The third-order valence-corrected chi connectivity index (χ3v) is 1.97. The van der Waals surface area contributed by atoms with Crippen molar-refractivity contribution in [2.75, 3.05) is 18.6 Å². The summed E-state index contributed by atoms with van der Waals surface area (Å²) >= 11 is 1.56. The fourth-order valence-electron chi connectivity index (χ4n) is 0.744. The molecule has 0 saturated carbocycles. The third kappa shape index (κ3) is 2.54. The Morgan fingerprint density at radius 1 is 1.58 bits per heavy atom. The molecule has 1 heterocycles. The molecule has 4 heteroatoms. The van der Waals surface area contributed by atoms with Gasteiger partial charge in [0.2, 0.25) is 0 Å². The first kappa shape index (κ1) is 9.06. The minimum absolute atomic E-state index is 0.826. The lowest BCUT2D eigenvalue weighted by atomic mass is 10.5. The maximum Gasteiger partial charge on any atom is 0.161 e. The van der Waals surface area contributed by atoms with Crippen molar-refractivity contribution in [1.82, 2.24) is 4.98 Å². The van der Waals surface area contributed by atoms with Crippen molar-refractivity contribution >= 4 is 22.7 Å². The van der Waals surface area contributed by atoms with Gasteiger partial charge in [-0.2, -0.15) is 0 Å². The summed E-state index contributed by atoms with van der Waals surface area (Å²) in [4.78, 5) is 8.14. The second-order valence-corrected chi connectivity index (χ2v) is 2.87. The Hall–Kier alpha value is -1.03. The van der Waals surface area contributed by atoms with Gasteiger partial charge in [-0.15, -0.1) is 0 Å². The number of rotatable bonds is 1. The summed E-state index contributed by atoms with van der Waals surface area (Å²) in [7, 11) is 1.75. The smallest absolute Gasteiger partial charge is 0.161 e. The molecule has 1 rings (SSSR count). The molecule has 0 aromatic carbocycles. The Kier molecular flexibility index (Phi) is 3.60. The van der Waals surface area contributed by atoms with Gasteiger partial charge in [0, 0.05) is 13.2 Å². The van der Waals surface area contributed by atoms with Crippen molar-refractivity contribution in [2.24, 2.45) is 4.99 Å². The van der Waals surface area contributed by atoms with Crippen LogP contribution in [0.15, 0.2) is 29.4 Å². The SMILES string of the molecule is CN=C(Nc1ccccn1)SC. The van der Waals surface area contributed by atoms with E-state index in [1.54, 1.807) is 25.0 Å². The van der Waals surface area contributed by atoms with Crippen LogP contribution in [-0.4, -0.2) is 23.5 Å². The van der Waals surface area contributed by atoms with E-state index < -0.39 is 0 Å². The molecule has 12 heavy (non-hydrogen) atoms. The van der Waals surface area contributed by atoms with Crippen molar-refractivity contribution in [3.63, 3.8) is 0 Å². The maximum atomic E-state index is 4.11. The van der Waals surface area contributed by atoms with Crippen LogP contribution in [0.1, 0.15) is 0 Å². The molecular weight excluding hydrogens is 170 g/mol.